The average molecular weight is 275 g/mol. The number of imide groups is 1. The lowest BCUT2D eigenvalue weighted by molar-refractivity contribution is -0.172. The molecule has 1 aromatic rings. The minimum atomic E-state index is -0.512. The molecule has 2 fully saturated rings. The summed E-state index contributed by atoms with van der Waals surface area (Å²) in [5.74, 6) is -0.613. The Kier molecular flexibility index (Phi) is 3.54. The Morgan fingerprint density at radius 1 is 1.15 bits per heavy atom. The molecular weight excluding hydrogens is 258 g/mol. The third-order valence-corrected chi connectivity index (χ3v) is 3.94. The molecule has 106 valence electrons. The van der Waals surface area contributed by atoms with Crippen molar-refractivity contribution < 1.29 is 19.4 Å². The predicted octanol–water partition coefficient (Wildman–Crippen LogP) is 0.506. The molecule has 0 aromatic heterocycles. The van der Waals surface area contributed by atoms with Crippen molar-refractivity contribution in [3.63, 3.8) is 0 Å². The Morgan fingerprint density at radius 2 is 1.75 bits per heavy atom. The molecule has 0 saturated carbocycles. The van der Waals surface area contributed by atoms with Crippen molar-refractivity contribution >= 4 is 11.8 Å². The van der Waals surface area contributed by atoms with Gasteiger partial charge in [0.2, 0.25) is 0 Å². The molecule has 2 unspecified atom stereocenters. The highest BCUT2D eigenvalue weighted by Gasteiger charge is 2.48. The van der Waals surface area contributed by atoms with E-state index in [4.69, 9.17) is 4.74 Å². The zero-order valence-corrected chi connectivity index (χ0v) is 11.1. The minimum absolute atomic E-state index is 0.230. The topological polar surface area (TPSA) is 66.8 Å². The highest BCUT2D eigenvalue weighted by Crippen LogP contribution is 2.30. The van der Waals surface area contributed by atoms with Crippen LogP contribution in [0.1, 0.15) is 18.4 Å². The zero-order valence-electron chi connectivity index (χ0n) is 11.1. The SMILES string of the molecule is O=C1C2CCC(O2)C(=O)N1[C@H](CO)Cc1ccccc1. The number of carbonyl (C=O) groups is 2. The average Bonchev–Trinajstić information content (AvgIpc) is 2.92. The van der Waals surface area contributed by atoms with E-state index >= 15 is 0 Å². The van der Waals surface area contributed by atoms with Crippen molar-refractivity contribution in [3.05, 3.63) is 35.9 Å². The lowest BCUT2D eigenvalue weighted by Crippen LogP contribution is -2.57. The second-order valence-electron chi connectivity index (χ2n) is 5.26. The van der Waals surface area contributed by atoms with Gasteiger partial charge in [0.25, 0.3) is 11.8 Å². The molecule has 2 saturated heterocycles. The second-order valence-corrected chi connectivity index (χ2v) is 5.26. The third-order valence-electron chi connectivity index (χ3n) is 3.94. The van der Waals surface area contributed by atoms with Gasteiger partial charge in [-0.1, -0.05) is 30.3 Å². The number of fused-ring (bicyclic) bond motifs is 2. The van der Waals surface area contributed by atoms with E-state index in [1.165, 1.54) is 4.90 Å². The summed E-state index contributed by atoms with van der Waals surface area (Å²) in [4.78, 5) is 25.7. The number of rotatable bonds is 4. The molecule has 20 heavy (non-hydrogen) atoms. The van der Waals surface area contributed by atoms with Crippen molar-refractivity contribution in [2.75, 3.05) is 6.61 Å². The number of likely N-dealkylation sites (tertiary alicyclic amines) is 1. The molecule has 3 atom stereocenters. The van der Waals surface area contributed by atoms with Crippen LogP contribution in [0.5, 0.6) is 0 Å². The molecule has 5 heteroatoms. The number of aliphatic hydroxyl groups excluding tert-OH is 1. The van der Waals surface area contributed by atoms with E-state index in [2.05, 4.69) is 0 Å². The van der Waals surface area contributed by atoms with Gasteiger partial charge in [-0.05, 0) is 24.8 Å². The third kappa shape index (κ3) is 2.23. The molecule has 2 heterocycles. The normalized spacial score (nSPS) is 26.9. The molecule has 2 aliphatic heterocycles. The molecule has 1 aromatic carbocycles. The van der Waals surface area contributed by atoms with Crippen molar-refractivity contribution in [1.82, 2.24) is 4.90 Å². The van der Waals surface area contributed by atoms with Gasteiger partial charge in [-0.2, -0.15) is 0 Å². The quantitative estimate of drug-likeness (QED) is 0.813. The van der Waals surface area contributed by atoms with Gasteiger partial charge in [0, 0.05) is 0 Å². The molecule has 2 amide bonds. The van der Waals surface area contributed by atoms with Crippen LogP contribution in [-0.2, 0) is 20.7 Å². The van der Waals surface area contributed by atoms with Crippen molar-refractivity contribution in [2.24, 2.45) is 0 Å². The van der Waals surface area contributed by atoms with Gasteiger partial charge in [0.05, 0.1) is 12.6 Å². The van der Waals surface area contributed by atoms with E-state index in [1.54, 1.807) is 0 Å². The van der Waals surface area contributed by atoms with Crippen LogP contribution in [0.25, 0.3) is 0 Å². The van der Waals surface area contributed by atoms with Crippen LogP contribution < -0.4 is 0 Å². The van der Waals surface area contributed by atoms with Gasteiger partial charge in [-0.25, -0.2) is 0 Å². The van der Waals surface area contributed by atoms with Crippen molar-refractivity contribution in [3.8, 4) is 0 Å². The summed E-state index contributed by atoms with van der Waals surface area (Å²) in [6.45, 7) is -0.230. The van der Waals surface area contributed by atoms with Gasteiger partial charge in [-0.3, -0.25) is 14.5 Å². The summed E-state index contributed by atoms with van der Waals surface area (Å²) in [5.41, 5.74) is 0.992. The molecule has 0 aliphatic carbocycles. The van der Waals surface area contributed by atoms with E-state index in [0.717, 1.165) is 5.56 Å². The smallest absolute Gasteiger partial charge is 0.258 e. The fraction of sp³-hybridized carbons (Fsp3) is 0.467. The summed E-state index contributed by atoms with van der Waals surface area (Å²) < 4.78 is 5.37. The van der Waals surface area contributed by atoms with Crippen LogP contribution in [0.3, 0.4) is 0 Å². The van der Waals surface area contributed by atoms with Gasteiger partial charge in [0.15, 0.2) is 0 Å². The first-order chi connectivity index (χ1) is 9.70. The molecular formula is C15H17NO4. The Labute approximate surface area is 117 Å². The summed E-state index contributed by atoms with van der Waals surface area (Å²) in [5, 5.41) is 9.58. The number of hydrogen-bond donors (Lipinski definition) is 1. The van der Waals surface area contributed by atoms with Gasteiger partial charge < -0.3 is 9.84 Å². The number of carbonyl (C=O) groups excluding carboxylic acids is 2. The molecule has 2 bridgehead atoms. The number of ether oxygens (including phenoxy) is 1. The van der Waals surface area contributed by atoms with Gasteiger partial charge in [0.1, 0.15) is 12.2 Å². The molecule has 1 N–H and O–H groups in total. The van der Waals surface area contributed by atoms with Crippen LogP contribution in [0.2, 0.25) is 0 Å². The lowest BCUT2D eigenvalue weighted by Gasteiger charge is -2.35. The van der Waals surface area contributed by atoms with Crippen molar-refractivity contribution in [2.45, 2.75) is 37.5 Å². The van der Waals surface area contributed by atoms with Crippen molar-refractivity contribution in [1.29, 1.82) is 0 Å². The fourth-order valence-electron chi connectivity index (χ4n) is 2.90. The van der Waals surface area contributed by atoms with E-state index < -0.39 is 18.2 Å². The Balaban J connectivity index is 1.81. The largest absolute Gasteiger partial charge is 0.394 e. The molecule has 0 radical (unpaired) electrons. The number of hydrogen-bond acceptors (Lipinski definition) is 4. The number of amides is 2. The highest BCUT2D eigenvalue weighted by atomic mass is 16.5. The summed E-state index contributed by atoms with van der Waals surface area (Å²) >= 11 is 0. The predicted molar refractivity (Wildman–Crippen MR) is 70.8 cm³/mol. The first kappa shape index (κ1) is 13.3. The maximum atomic E-state index is 12.3. The van der Waals surface area contributed by atoms with E-state index in [-0.39, 0.29) is 18.4 Å². The Morgan fingerprint density at radius 3 is 2.30 bits per heavy atom. The molecule has 5 nitrogen and oxygen atoms in total. The second kappa shape index (κ2) is 5.34. The van der Waals surface area contributed by atoms with E-state index in [0.29, 0.717) is 19.3 Å². The van der Waals surface area contributed by atoms with E-state index in [9.17, 15) is 14.7 Å². The Hall–Kier alpha value is -1.72. The summed E-state index contributed by atoms with van der Waals surface area (Å²) in [6.07, 6.45) is 0.628. The van der Waals surface area contributed by atoms with Crippen LogP contribution in [0.15, 0.2) is 30.3 Å². The summed E-state index contributed by atoms with van der Waals surface area (Å²) in [7, 11) is 0. The number of aliphatic hydroxyl groups is 1. The maximum absolute atomic E-state index is 12.3. The number of morpholine rings is 1. The highest BCUT2D eigenvalue weighted by molar-refractivity contribution is 6.02. The molecule has 2 aliphatic rings. The standard InChI is InChI=1S/C15H17NO4/c17-9-11(8-10-4-2-1-3-5-10)16-14(18)12-6-7-13(20-12)15(16)19/h1-5,11-13,17H,6-9H2/t11-,12?,13?/m0/s1. The summed E-state index contributed by atoms with van der Waals surface area (Å²) in [6, 6.07) is 9.04. The van der Waals surface area contributed by atoms with E-state index in [1.807, 2.05) is 30.3 Å². The first-order valence-corrected chi connectivity index (χ1v) is 6.88. The monoisotopic (exact) mass is 275 g/mol. The Bertz CT molecular complexity index is 494. The zero-order chi connectivity index (χ0) is 14.1. The molecule has 3 rings (SSSR count). The molecule has 0 spiro atoms. The van der Waals surface area contributed by atoms with Crippen LogP contribution in [0.4, 0.5) is 0 Å². The van der Waals surface area contributed by atoms with Gasteiger partial charge >= 0.3 is 0 Å². The number of benzene rings is 1. The van der Waals surface area contributed by atoms with Gasteiger partial charge in [-0.15, -0.1) is 0 Å². The van der Waals surface area contributed by atoms with Crippen LogP contribution >= 0.6 is 0 Å². The minimum Gasteiger partial charge on any atom is -0.394 e. The van der Waals surface area contributed by atoms with Crippen LogP contribution in [0, 0.1) is 0 Å². The van der Waals surface area contributed by atoms with Crippen LogP contribution in [-0.4, -0.2) is 46.7 Å². The maximum Gasteiger partial charge on any atom is 0.258 e. The first-order valence-electron chi connectivity index (χ1n) is 6.88. The lowest BCUT2D eigenvalue weighted by atomic mass is 10.0. The fourth-order valence-corrected chi connectivity index (χ4v) is 2.90. The number of nitrogens with zero attached hydrogens (tertiary/aromatic N) is 1.